The number of hydrogen-bond donors (Lipinski definition) is 2. The molecule has 0 atom stereocenters. The summed E-state index contributed by atoms with van der Waals surface area (Å²) in [7, 11) is 0. The third kappa shape index (κ3) is 4.49. The van der Waals surface area contributed by atoms with E-state index < -0.39 is 0 Å². The molecule has 1 rings (SSSR count). The Hall–Kier alpha value is -1.48. The highest BCUT2D eigenvalue weighted by Gasteiger charge is 2.01. The lowest BCUT2D eigenvalue weighted by Gasteiger charge is -2.12. The fourth-order valence-electron chi connectivity index (χ4n) is 1.52. The normalized spacial score (nSPS) is 10.2. The van der Waals surface area contributed by atoms with Crippen LogP contribution < -0.4 is 11.1 Å². The molecule has 0 aromatic heterocycles. The quantitative estimate of drug-likeness (QED) is 0.433. The number of rotatable bonds is 7. The van der Waals surface area contributed by atoms with Gasteiger partial charge in [0.05, 0.1) is 24.6 Å². The Labute approximate surface area is 104 Å². The minimum atomic E-state index is 0.681. The number of nitrogens with two attached hydrogens (primary N) is 1. The first kappa shape index (κ1) is 13.6. The van der Waals surface area contributed by atoms with Crippen molar-refractivity contribution in [1.82, 2.24) is 0 Å². The Morgan fingerprint density at radius 2 is 2.00 bits per heavy atom. The molecule has 0 amide bonds. The number of nitrogen functional groups attached to an aromatic ring is 1. The zero-order valence-corrected chi connectivity index (χ0v) is 10.8. The van der Waals surface area contributed by atoms with Crippen LogP contribution in [0, 0.1) is 13.8 Å². The fraction of sp³-hybridized carbons (Fsp3) is 0.429. The molecule has 0 radical (unpaired) electrons. The van der Waals surface area contributed by atoms with Gasteiger partial charge in [-0.25, -0.2) is 0 Å². The third-order valence-corrected chi connectivity index (χ3v) is 2.69. The van der Waals surface area contributed by atoms with E-state index in [4.69, 9.17) is 10.5 Å². The first-order valence-corrected chi connectivity index (χ1v) is 5.94. The minimum absolute atomic E-state index is 0.681. The summed E-state index contributed by atoms with van der Waals surface area (Å²) in [5, 5.41) is 3.28. The topological polar surface area (TPSA) is 47.3 Å². The van der Waals surface area contributed by atoms with Gasteiger partial charge >= 0.3 is 0 Å². The molecule has 0 saturated carbocycles. The second-order valence-corrected chi connectivity index (χ2v) is 4.14. The van der Waals surface area contributed by atoms with Gasteiger partial charge in [-0.3, -0.25) is 0 Å². The lowest BCUT2D eigenvalue weighted by molar-refractivity contribution is 0.149. The summed E-state index contributed by atoms with van der Waals surface area (Å²) in [6.45, 7) is 9.97. The number of hydrogen-bond acceptors (Lipinski definition) is 3. The Morgan fingerprint density at radius 3 is 2.71 bits per heavy atom. The van der Waals surface area contributed by atoms with Crippen LogP contribution in [0.5, 0.6) is 0 Å². The predicted molar refractivity (Wildman–Crippen MR) is 74.5 cm³/mol. The van der Waals surface area contributed by atoms with E-state index in [1.165, 1.54) is 11.1 Å². The fourth-order valence-corrected chi connectivity index (χ4v) is 1.52. The Bertz CT molecular complexity index is 375. The van der Waals surface area contributed by atoms with Gasteiger partial charge in [0, 0.05) is 6.54 Å². The van der Waals surface area contributed by atoms with Crippen LogP contribution in [-0.4, -0.2) is 19.8 Å². The monoisotopic (exact) mass is 234 g/mol. The van der Waals surface area contributed by atoms with Crippen molar-refractivity contribution in [3.8, 4) is 0 Å². The van der Waals surface area contributed by atoms with E-state index in [0.29, 0.717) is 6.61 Å². The highest BCUT2D eigenvalue weighted by Crippen LogP contribution is 2.22. The van der Waals surface area contributed by atoms with E-state index in [0.717, 1.165) is 30.9 Å². The molecule has 94 valence electrons. The van der Waals surface area contributed by atoms with Crippen LogP contribution in [-0.2, 0) is 4.74 Å². The number of anilines is 2. The maximum absolute atomic E-state index is 5.94. The molecule has 0 aliphatic heterocycles. The molecule has 0 heterocycles. The lowest BCUT2D eigenvalue weighted by atomic mass is 10.1. The van der Waals surface area contributed by atoms with Crippen molar-refractivity contribution in [3.05, 3.63) is 35.9 Å². The van der Waals surface area contributed by atoms with E-state index in [1.807, 2.05) is 12.1 Å². The Balaban J connectivity index is 2.36. The predicted octanol–water partition coefficient (Wildman–Crippen LogP) is 2.89. The van der Waals surface area contributed by atoms with Gasteiger partial charge in [-0.1, -0.05) is 6.08 Å². The van der Waals surface area contributed by atoms with Gasteiger partial charge in [0.25, 0.3) is 0 Å². The van der Waals surface area contributed by atoms with E-state index >= 15 is 0 Å². The van der Waals surface area contributed by atoms with Gasteiger partial charge < -0.3 is 15.8 Å². The van der Waals surface area contributed by atoms with Crippen molar-refractivity contribution in [2.24, 2.45) is 0 Å². The van der Waals surface area contributed by atoms with Crippen LogP contribution in [0.2, 0.25) is 0 Å². The summed E-state index contributed by atoms with van der Waals surface area (Å²) in [6, 6.07) is 4.07. The molecule has 0 aliphatic carbocycles. The number of nitrogens with one attached hydrogen (secondary N) is 1. The second-order valence-electron chi connectivity index (χ2n) is 4.14. The van der Waals surface area contributed by atoms with Crippen molar-refractivity contribution >= 4 is 11.4 Å². The molecule has 0 saturated heterocycles. The SMILES string of the molecule is C=CCCOCCNc1cc(C)c(C)cc1N. The number of aryl methyl sites for hydroxylation is 2. The average Bonchev–Trinajstić information content (AvgIpc) is 2.30. The summed E-state index contributed by atoms with van der Waals surface area (Å²) in [6.07, 6.45) is 2.75. The van der Waals surface area contributed by atoms with Crippen LogP contribution in [0.15, 0.2) is 24.8 Å². The van der Waals surface area contributed by atoms with Crippen molar-refractivity contribution in [2.75, 3.05) is 30.8 Å². The van der Waals surface area contributed by atoms with E-state index in [-0.39, 0.29) is 0 Å². The molecule has 17 heavy (non-hydrogen) atoms. The zero-order chi connectivity index (χ0) is 12.7. The summed E-state index contributed by atoms with van der Waals surface area (Å²) >= 11 is 0. The molecule has 0 fully saturated rings. The van der Waals surface area contributed by atoms with Crippen molar-refractivity contribution in [3.63, 3.8) is 0 Å². The average molecular weight is 234 g/mol. The summed E-state index contributed by atoms with van der Waals surface area (Å²) in [5.41, 5.74) is 10.2. The molecule has 3 N–H and O–H groups in total. The first-order chi connectivity index (χ1) is 8.15. The highest BCUT2D eigenvalue weighted by atomic mass is 16.5. The third-order valence-electron chi connectivity index (χ3n) is 2.69. The standard InChI is InChI=1S/C14H22N2O/c1-4-5-7-17-8-6-16-14-10-12(3)11(2)9-13(14)15/h4,9-10,16H,1,5-8,15H2,2-3H3. The first-order valence-electron chi connectivity index (χ1n) is 5.94. The zero-order valence-electron chi connectivity index (χ0n) is 10.8. The maximum atomic E-state index is 5.94. The van der Waals surface area contributed by atoms with Crippen LogP contribution in [0.1, 0.15) is 17.5 Å². The Kier molecular flexibility index (Phi) is 5.57. The van der Waals surface area contributed by atoms with E-state index in [1.54, 1.807) is 0 Å². The smallest absolute Gasteiger partial charge is 0.0639 e. The molecule has 1 aromatic rings. The van der Waals surface area contributed by atoms with Gasteiger partial charge in [-0.05, 0) is 43.5 Å². The molecule has 0 aliphatic rings. The summed E-state index contributed by atoms with van der Waals surface area (Å²) in [4.78, 5) is 0. The lowest BCUT2D eigenvalue weighted by Crippen LogP contribution is -2.11. The van der Waals surface area contributed by atoms with Crippen LogP contribution in [0.3, 0.4) is 0 Å². The molecule has 3 heteroatoms. The van der Waals surface area contributed by atoms with Crippen molar-refractivity contribution in [1.29, 1.82) is 0 Å². The van der Waals surface area contributed by atoms with Gasteiger partial charge in [-0.2, -0.15) is 0 Å². The largest absolute Gasteiger partial charge is 0.397 e. The summed E-state index contributed by atoms with van der Waals surface area (Å²) in [5.74, 6) is 0. The summed E-state index contributed by atoms with van der Waals surface area (Å²) < 4.78 is 5.42. The van der Waals surface area contributed by atoms with Crippen LogP contribution >= 0.6 is 0 Å². The van der Waals surface area contributed by atoms with E-state index in [9.17, 15) is 0 Å². The van der Waals surface area contributed by atoms with Gasteiger partial charge in [-0.15, -0.1) is 6.58 Å². The Morgan fingerprint density at radius 1 is 1.29 bits per heavy atom. The molecular weight excluding hydrogens is 212 g/mol. The van der Waals surface area contributed by atoms with Gasteiger partial charge in [0.1, 0.15) is 0 Å². The van der Waals surface area contributed by atoms with Gasteiger partial charge in [0.15, 0.2) is 0 Å². The molecule has 0 bridgehead atoms. The molecule has 0 spiro atoms. The number of benzene rings is 1. The van der Waals surface area contributed by atoms with Crippen LogP contribution in [0.4, 0.5) is 11.4 Å². The molecule has 1 aromatic carbocycles. The number of ether oxygens (including phenoxy) is 1. The highest BCUT2D eigenvalue weighted by molar-refractivity contribution is 5.68. The maximum Gasteiger partial charge on any atom is 0.0639 e. The van der Waals surface area contributed by atoms with Gasteiger partial charge in [0.2, 0.25) is 0 Å². The minimum Gasteiger partial charge on any atom is -0.397 e. The van der Waals surface area contributed by atoms with Crippen LogP contribution in [0.25, 0.3) is 0 Å². The van der Waals surface area contributed by atoms with Crippen molar-refractivity contribution < 1.29 is 4.74 Å². The second kappa shape index (κ2) is 6.97. The molecular formula is C14H22N2O. The molecule has 3 nitrogen and oxygen atoms in total. The van der Waals surface area contributed by atoms with E-state index in [2.05, 4.69) is 31.8 Å². The van der Waals surface area contributed by atoms with Crippen molar-refractivity contribution in [2.45, 2.75) is 20.3 Å². The molecule has 0 unspecified atom stereocenters.